The Kier molecular flexibility index (Phi) is 5.97. The first-order valence-corrected chi connectivity index (χ1v) is 7.87. The van der Waals surface area contributed by atoms with Crippen LogP contribution in [0.4, 0.5) is 11.5 Å². The molecule has 122 valence electrons. The van der Waals surface area contributed by atoms with E-state index in [0.29, 0.717) is 17.0 Å². The minimum absolute atomic E-state index is 0.0404. The fourth-order valence-corrected chi connectivity index (χ4v) is 2.01. The molecule has 5 heteroatoms. The predicted molar refractivity (Wildman–Crippen MR) is 93.2 cm³/mol. The lowest BCUT2D eigenvalue weighted by molar-refractivity contribution is 0.102. The number of nitrogens with one attached hydrogen (secondary N) is 2. The van der Waals surface area contributed by atoms with Gasteiger partial charge in [-0.2, -0.15) is 0 Å². The quantitative estimate of drug-likeness (QED) is 0.812. The maximum absolute atomic E-state index is 12.4. The van der Waals surface area contributed by atoms with Gasteiger partial charge in [-0.15, -0.1) is 0 Å². The molecule has 1 heterocycles. The summed E-state index contributed by atoms with van der Waals surface area (Å²) in [6.07, 6.45) is 2.63. The second-order valence-corrected chi connectivity index (χ2v) is 5.48. The smallest absolute Gasteiger partial charge is 0.257 e. The van der Waals surface area contributed by atoms with E-state index in [2.05, 4.69) is 22.5 Å². The van der Waals surface area contributed by atoms with Gasteiger partial charge in [0.1, 0.15) is 11.6 Å². The Morgan fingerprint density at radius 2 is 2.00 bits per heavy atom. The number of hydrogen-bond donors (Lipinski definition) is 2. The average Bonchev–Trinajstić information content (AvgIpc) is 2.54. The van der Waals surface area contributed by atoms with Gasteiger partial charge in [0.15, 0.2) is 0 Å². The van der Waals surface area contributed by atoms with Crippen molar-refractivity contribution in [3.05, 3.63) is 48.2 Å². The maximum atomic E-state index is 12.4. The third-order valence-corrected chi connectivity index (χ3v) is 3.08. The van der Waals surface area contributed by atoms with Crippen molar-refractivity contribution < 1.29 is 9.53 Å². The number of ether oxygens (including phenoxy) is 1. The summed E-state index contributed by atoms with van der Waals surface area (Å²) in [4.78, 5) is 16.6. The monoisotopic (exact) mass is 313 g/mol. The lowest BCUT2D eigenvalue weighted by Crippen LogP contribution is -2.15. The van der Waals surface area contributed by atoms with Crippen LogP contribution in [0.3, 0.4) is 0 Å². The van der Waals surface area contributed by atoms with E-state index in [1.165, 1.54) is 0 Å². The summed E-state index contributed by atoms with van der Waals surface area (Å²) < 4.78 is 5.71. The zero-order valence-corrected chi connectivity index (χ0v) is 13.8. The Morgan fingerprint density at radius 3 is 2.65 bits per heavy atom. The van der Waals surface area contributed by atoms with Gasteiger partial charge in [-0.1, -0.05) is 19.1 Å². The molecule has 2 rings (SSSR count). The van der Waals surface area contributed by atoms with E-state index in [1.54, 1.807) is 18.3 Å². The van der Waals surface area contributed by atoms with E-state index >= 15 is 0 Å². The summed E-state index contributed by atoms with van der Waals surface area (Å²) in [7, 11) is 0. The van der Waals surface area contributed by atoms with Crippen molar-refractivity contribution in [3.8, 4) is 5.75 Å². The first-order valence-electron chi connectivity index (χ1n) is 7.87. The van der Waals surface area contributed by atoms with Crippen molar-refractivity contribution in [1.82, 2.24) is 4.98 Å². The number of pyridine rings is 1. The van der Waals surface area contributed by atoms with Gasteiger partial charge in [0.25, 0.3) is 5.91 Å². The summed E-state index contributed by atoms with van der Waals surface area (Å²) in [6, 6.07) is 11.0. The van der Waals surface area contributed by atoms with E-state index in [-0.39, 0.29) is 12.0 Å². The Hall–Kier alpha value is -2.56. The van der Waals surface area contributed by atoms with Crippen molar-refractivity contribution in [2.75, 3.05) is 17.2 Å². The van der Waals surface area contributed by atoms with E-state index in [1.807, 2.05) is 38.1 Å². The highest BCUT2D eigenvalue weighted by Crippen LogP contribution is 2.25. The number of rotatable bonds is 7. The van der Waals surface area contributed by atoms with Crippen LogP contribution in [0.1, 0.15) is 37.6 Å². The Morgan fingerprint density at radius 1 is 1.22 bits per heavy atom. The lowest BCUT2D eigenvalue weighted by atomic mass is 10.2. The van der Waals surface area contributed by atoms with Gasteiger partial charge in [-0.25, -0.2) is 4.98 Å². The molecule has 1 amide bonds. The SMILES string of the molecule is CCCNc1ccc(C(=O)Nc2ccccc2OC(C)C)cn1. The van der Waals surface area contributed by atoms with Crippen LogP contribution in [0.2, 0.25) is 0 Å². The molecule has 2 aromatic rings. The minimum atomic E-state index is -0.209. The Balaban J connectivity index is 2.07. The first kappa shape index (κ1) is 16.8. The largest absolute Gasteiger partial charge is 0.489 e. The third-order valence-electron chi connectivity index (χ3n) is 3.08. The van der Waals surface area contributed by atoms with E-state index < -0.39 is 0 Å². The van der Waals surface area contributed by atoms with Crippen molar-refractivity contribution in [2.24, 2.45) is 0 Å². The fourth-order valence-electron chi connectivity index (χ4n) is 2.01. The van der Waals surface area contributed by atoms with Gasteiger partial charge in [-0.05, 0) is 44.5 Å². The topological polar surface area (TPSA) is 63.2 Å². The van der Waals surface area contributed by atoms with Gasteiger partial charge in [0.2, 0.25) is 0 Å². The van der Waals surface area contributed by atoms with Crippen LogP contribution >= 0.6 is 0 Å². The predicted octanol–water partition coefficient (Wildman–Crippen LogP) is 3.94. The molecule has 0 bridgehead atoms. The molecule has 0 unspecified atom stereocenters. The van der Waals surface area contributed by atoms with Gasteiger partial charge >= 0.3 is 0 Å². The van der Waals surface area contributed by atoms with Crippen LogP contribution in [-0.4, -0.2) is 23.5 Å². The summed E-state index contributed by atoms with van der Waals surface area (Å²) in [5.41, 5.74) is 1.16. The molecular formula is C18H23N3O2. The molecule has 1 aromatic carbocycles. The molecule has 5 nitrogen and oxygen atoms in total. The number of carbonyl (C=O) groups is 1. The van der Waals surface area contributed by atoms with E-state index in [9.17, 15) is 4.79 Å². The van der Waals surface area contributed by atoms with Crippen LogP contribution < -0.4 is 15.4 Å². The highest BCUT2D eigenvalue weighted by molar-refractivity contribution is 6.04. The zero-order valence-electron chi connectivity index (χ0n) is 13.8. The summed E-state index contributed by atoms with van der Waals surface area (Å²) >= 11 is 0. The summed E-state index contributed by atoms with van der Waals surface area (Å²) in [5.74, 6) is 1.22. The normalized spacial score (nSPS) is 10.4. The highest BCUT2D eigenvalue weighted by Gasteiger charge is 2.11. The van der Waals surface area contributed by atoms with Gasteiger partial charge < -0.3 is 15.4 Å². The van der Waals surface area contributed by atoms with Gasteiger partial charge in [-0.3, -0.25) is 4.79 Å². The fraction of sp³-hybridized carbons (Fsp3) is 0.333. The van der Waals surface area contributed by atoms with Crippen LogP contribution in [0.5, 0.6) is 5.75 Å². The lowest BCUT2D eigenvalue weighted by Gasteiger charge is -2.14. The molecule has 0 radical (unpaired) electrons. The molecule has 0 fully saturated rings. The minimum Gasteiger partial charge on any atom is -0.489 e. The number of aromatic nitrogens is 1. The molecule has 0 saturated heterocycles. The third kappa shape index (κ3) is 4.98. The molecular weight excluding hydrogens is 290 g/mol. The van der Waals surface area contributed by atoms with Crippen LogP contribution in [0, 0.1) is 0 Å². The van der Waals surface area contributed by atoms with Gasteiger partial charge in [0.05, 0.1) is 17.4 Å². The summed E-state index contributed by atoms with van der Waals surface area (Å²) in [6.45, 7) is 6.85. The molecule has 0 aliphatic carbocycles. The van der Waals surface area contributed by atoms with Crippen LogP contribution in [-0.2, 0) is 0 Å². The molecule has 1 aromatic heterocycles. The molecule has 23 heavy (non-hydrogen) atoms. The molecule has 0 aliphatic heterocycles. The number of carbonyl (C=O) groups excluding carboxylic acids is 1. The average molecular weight is 313 g/mol. The van der Waals surface area contributed by atoms with Gasteiger partial charge in [0, 0.05) is 12.7 Å². The molecule has 2 N–H and O–H groups in total. The Bertz CT molecular complexity index is 639. The highest BCUT2D eigenvalue weighted by atomic mass is 16.5. The Labute approximate surface area is 137 Å². The number of amides is 1. The van der Waals surface area contributed by atoms with E-state index in [0.717, 1.165) is 18.8 Å². The summed E-state index contributed by atoms with van der Waals surface area (Å²) in [5, 5.41) is 6.05. The van der Waals surface area contributed by atoms with Crippen molar-refractivity contribution in [3.63, 3.8) is 0 Å². The number of benzene rings is 1. The van der Waals surface area contributed by atoms with Crippen LogP contribution in [0.25, 0.3) is 0 Å². The molecule has 0 atom stereocenters. The number of anilines is 2. The molecule has 0 saturated carbocycles. The number of para-hydroxylation sites is 2. The van der Waals surface area contributed by atoms with E-state index in [4.69, 9.17) is 4.74 Å². The second-order valence-electron chi connectivity index (χ2n) is 5.48. The number of hydrogen-bond acceptors (Lipinski definition) is 4. The van der Waals surface area contributed by atoms with Crippen LogP contribution in [0.15, 0.2) is 42.6 Å². The standard InChI is InChI=1S/C18H23N3O2/c1-4-11-19-17-10-9-14(12-20-17)18(22)21-15-7-5-6-8-16(15)23-13(2)3/h5-10,12-13H,4,11H2,1-3H3,(H,19,20)(H,21,22). The number of nitrogens with zero attached hydrogens (tertiary/aromatic N) is 1. The first-order chi connectivity index (χ1) is 11.1. The van der Waals surface area contributed by atoms with Crippen molar-refractivity contribution >= 4 is 17.4 Å². The molecule has 0 spiro atoms. The second kappa shape index (κ2) is 8.17. The zero-order chi connectivity index (χ0) is 16.7. The molecule has 0 aliphatic rings. The van der Waals surface area contributed by atoms with Crippen molar-refractivity contribution in [1.29, 1.82) is 0 Å². The maximum Gasteiger partial charge on any atom is 0.257 e. The van der Waals surface area contributed by atoms with Crippen molar-refractivity contribution in [2.45, 2.75) is 33.3 Å².